The van der Waals surface area contributed by atoms with Crippen LogP contribution in [0.1, 0.15) is 16.4 Å². The quantitative estimate of drug-likeness (QED) is 0.776. The van der Waals surface area contributed by atoms with Crippen molar-refractivity contribution in [2.24, 2.45) is 0 Å². The molecule has 0 unspecified atom stereocenters. The summed E-state index contributed by atoms with van der Waals surface area (Å²) in [4.78, 5) is 20.8. The third-order valence-corrected chi connectivity index (χ3v) is 3.30. The highest BCUT2D eigenvalue weighted by molar-refractivity contribution is 7.09. The van der Waals surface area contributed by atoms with E-state index in [0.29, 0.717) is 12.4 Å². The van der Waals surface area contributed by atoms with Gasteiger partial charge in [-0.3, -0.25) is 10.4 Å². The Bertz CT molecular complexity index is 534. The molecule has 0 aliphatic rings. The molecule has 0 aromatic carbocycles. The van der Waals surface area contributed by atoms with Gasteiger partial charge < -0.3 is 5.32 Å². The Labute approximate surface area is 108 Å². The van der Waals surface area contributed by atoms with Crippen LogP contribution in [0.3, 0.4) is 0 Å². The first kappa shape index (κ1) is 12.5. The van der Waals surface area contributed by atoms with Crippen molar-refractivity contribution in [3.05, 3.63) is 21.9 Å². The molecule has 0 radical (unpaired) electrons. The normalized spacial score (nSPS) is 10.3. The number of amides is 2. The van der Waals surface area contributed by atoms with Crippen LogP contribution in [0.2, 0.25) is 0 Å². The van der Waals surface area contributed by atoms with E-state index < -0.39 is 0 Å². The lowest BCUT2D eigenvalue weighted by Crippen LogP contribution is -2.30. The number of H-pyrrole nitrogens is 1. The van der Waals surface area contributed by atoms with Gasteiger partial charge in [-0.15, -0.1) is 16.4 Å². The summed E-state index contributed by atoms with van der Waals surface area (Å²) in [5.74, 6) is 0.935. The number of carbonyl (C=O) groups excluding carboxylic acids is 1. The van der Waals surface area contributed by atoms with Gasteiger partial charge >= 0.3 is 6.03 Å². The Morgan fingerprint density at radius 1 is 1.50 bits per heavy atom. The first-order valence-electron chi connectivity index (χ1n) is 5.48. The maximum absolute atomic E-state index is 11.5. The van der Waals surface area contributed by atoms with Crippen LogP contribution in [0.25, 0.3) is 0 Å². The molecule has 0 atom stereocenters. The molecule has 0 saturated carbocycles. The molecule has 8 heteroatoms. The Morgan fingerprint density at radius 3 is 2.94 bits per heavy atom. The summed E-state index contributed by atoms with van der Waals surface area (Å²) in [5.41, 5.74) is 2.83. The van der Waals surface area contributed by atoms with Crippen molar-refractivity contribution >= 4 is 23.3 Å². The van der Waals surface area contributed by atoms with Crippen LogP contribution < -0.4 is 10.6 Å². The van der Waals surface area contributed by atoms with Crippen LogP contribution in [-0.4, -0.2) is 32.7 Å². The predicted octanol–water partition coefficient (Wildman–Crippen LogP) is 1.24. The smallest absolute Gasteiger partial charge is 0.321 e. The summed E-state index contributed by atoms with van der Waals surface area (Å²) in [6.07, 6.45) is 0.775. The van der Waals surface area contributed by atoms with Gasteiger partial charge in [-0.05, 0) is 13.8 Å². The molecule has 0 aliphatic carbocycles. The van der Waals surface area contributed by atoms with E-state index >= 15 is 0 Å². The maximum atomic E-state index is 11.5. The van der Waals surface area contributed by atoms with Crippen molar-refractivity contribution in [2.75, 3.05) is 11.9 Å². The molecule has 2 amide bonds. The van der Waals surface area contributed by atoms with Gasteiger partial charge in [-0.25, -0.2) is 9.78 Å². The lowest BCUT2D eigenvalue weighted by molar-refractivity contribution is 0.252. The second-order valence-corrected chi connectivity index (χ2v) is 4.68. The highest BCUT2D eigenvalue weighted by atomic mass is 32.1. The number of urea groups is 1. The minimum Gasteiger partial charge on any atom is -0.337 e. The molecule has 96 valence electrons. The number of carbonyl (C=O) groups is 1. The number of anilines is 1. The van der Waals surface area contributed by atoms with Crippen molar-refractivity contribution in [2.45, 2.75) is 20.3 Å². The number of hydrogen-bond donors (Lipinski definition) is 3. The molecule has 18 heavy (non-hydrogen) atoms. The number of thiazole rings is 1. The van der Waals surface area contributed by atoms with E-state index in [9.17, 15) is 4.79 Å². The summed E-state index contributed by atoms with van der Waals surface area (Å²) in [7, 11) is 0. The molecule has 7 nitrogen and oxygen atoms in total. The lowest BCUT2D eigenvalue weighted by Gasteiger charge is -2.03. The maximum Gasteiger partial charge on any atom is 0.321 e. The van der Waals surface area contributed by atoms with E-state index in [1.165, 1.54) is 4.88 Å². The molecule has 3 N–H and O–H groups in total. The Hall–Kier alpha value is -1.96. The molecule has 0 fully saturated rings. The molecule has 2 rings (SSSR count). The van der Waals surface area contributed by atoms with E-state index in [1.807, 2.05) is 6.92 Å². The van der Waals surface area contributed by atoms with E-state index in [0.717, 1.165) is 12.1 Å². The lowest BCUT2D eigenvalue weighted by atomic mass is 10.3. The second kappa shape index (κ2) is 5.58. The predicted molar refractivity (Wildman–Crippen MR) is 68.7 cm³/mol. The standard InChI is InChI=1S/C10H14N6OS/c1-6-8(18-5-12-6)3-4-11-10(17)14-9-13-7(2)15-16-9/h5H,3-4H2,1-2H3,(H3,11,13,14,15,16,17). The number of aromatic amines is 1. The van der Waals surface area contributed by atoms with Crippen molar-refractivity contribution in [3.8, 4) is 0 Å². The topological polar surface area (TPSA) is 95.6 Å². The van der Waals surface area contributed by atoms with E-state index in [-0.39, 0.29) is 12.0 Å². The first-order valence-corrected chi connectivity index (χ1v) is 6.36. The first-order chi connectivity index (χ1) is 8.65. The fourth-order valence-corrected chi connectivity index (χ4v) is 2.18. The van der Waals surface area contributed by atoms with Crippen LogP contribution >= 0.6 is 11.3 Å². The van der Waals surface area contributed by atoms with Crippen LogP contribution in [-0.2, 0) is 6.42 Å². The van der Waals surface area contributed by atoms with Gasteiger partial charge in [0, 0.05) is 17.8 Å². The summed E-state index contributed by atoms with van der Waals surface area (Å²) < 4.78 is 0. The minimum absolute atomic E-state index is 0.277. The number of hydrogen-bond acceptors (Lipinski definition) is 5. The summed E-state index contributed by atoms with van der Waals surface area (Å²) in [5, 5.41) is 11.7. The van der Waals surface area contributed by atoms with Crippen LogP contribution in [0.5, 0.6) is 0 Å². The summed E-state index contributed by atoms with van der Waals surface area (Å²) in [6.45, 7) is 4.28. The largest absolute Gasteiger partial charge is 0.337 e. The number of aryl methyl sites for hydroxylation is 2. The highest BCUT2D eigenvalue weighted by Crippen LogP contribution is 2.11. The van der Waals surface area contributed by atoms with Crippen LogP contribution in [0.15, 0.2) is 5.51 Å². The summed E-state index contributed by atoms with van der Waals surface area (Å²) in [6, 6.07) is -0.309. The molecular formula is C10H14N6OS. The third kappa shape index (κ3) is 3.27. The van der Waals surface area contributed by atoms with Crippen LogP contribution in [0.4, 0.5) is 10.7 Å². The summed E-state index contributed by atoms with van der Waals surface area (Å²) >= 11 is 1.60. The van der Waals surface area contributed by atoms with E-state index in [2.05, 4.69) is 30.8 Å². The van der Waals surface area contributed by atoms with Gasteiger partial charge in [0.05, 0.1) is 11.2 Å². The molecule has 0 spiro atoms. The van der Waals surface area contributed by atoms with Gasteiger partial charge in [0.15, 0.2) is 0 Å². The Balaban J connectivity index is 1.74. The number of nitrogens with zero attached hydrogens (tertiary/aromatic N) is 3. The highest BCUT2D eigenvalue weighted by Gasteiger charge is 2.06. The number of rotatable bonds is 4. The van der Waals surface area contributed by atoms with E-state index in [4.69, 9.17) is 0 Å². The van der Waals surface area contributed by atoms with Gasteiger partial charge in [0.25, 0.3) is 0 Å². The molecular weight excluding hydrogens is 252 g/mol. The van der Waals surface area contributed by atoms with Crippen LogP contribution in [0, 0.1) is 13.8 Å². The van der Waals surface area contributed by atoms with Gasteiger partial charge in [-0.1, -0.05) is 0 Å². The Morgan fingerprint density at radius 2 is 2.33 bits per heavy atom. The SMILES string of the molecule is Cc1nc(NC(=O)NCCc2scnc2C)n[nH]1. The van der Waals surface area contributed by atoms with E-state index in [1.54, 1.807) is 23.8 Å². The molecule has 0 saturated heterocycles. The van der Waals surface area contributed by atoms with Crippen molar-refractivity contribution in [1.29, 1.82) is 0 Å². The molecule has 2 heterocycles. The monoisotopic (exact) mass is 266 g/mol. The van der Waals surface area contributed by atoms with Crippen molar-refractivity contribution < 1.29 is 4.79 Å². The third-order valence-electron chi connectivity index (χ3n) is 2.31. The van der Waals surface area contributed by atoms with Crippen molar-refractivity contribution in [1.82, 2.24) is 25.5 Å². The van der Waals surface area contributed by atoms with Gasteiger partial charge in [0.1, 0.15) is 5.82 Å². The molecule has 2 aromatic rings. The fourth-order valence-electron chi connectivity index (χ4n) is 1.40. The minimum atomic E-state index is -0.309. The zero-order valence-corrected chi connectivity index (χ0v) is 11.0. The average molecular weight is 266 g/mol. The fraction of sp³-hybridized carbons (Fsp3) is 0.400. The average Bonchev–Trinajstić information content (AvgIpc) is 2.89. The molecule has 0 bridgehead atoms. The molecule has 0 aliphatic heterocycles. The second-order valence-electron chi connectivity index (χ2n) is 3.74. The van der Waals surface area contributed by atoms with Gasteiger partial charge in [-0.2, -0.15) is 4.98 Å². The van der Waals surface area contributed by atoms with Gasteiger partial charge in [0.2, 0.25) is 5.95 Å². The molecule has 2 aromatic heterocycles. The van der Waals surface area contributed by atoms with Crippen molar-refractivity contribution in [3.63, 3.8) is 0 Å². The Kier molecular flexibility index (Phi) is 3.88. The number of aromatic nitrogens is 4. The number of nitrogens with one attached hydrogen (secondary N) is 3. The zero-order valence-electron chi connectivity index (χ0n) is 10.1. The zero-order chi connectivity index (χ0) is 13.0.